The van der Waals surface area contributed by atoms with E-state index in [2.05, 4.69) is 10.6 Å². The van der Waals surface area contributed by atoms with Crippen molar-refractivity contribution in [3.05, 3.63) is 34.9 Å². The standard InChI is InChI=1S/C15H19ClN2O4S/c1-17-13(19)9-22-15(21)12(7-8-23-2)18-14(20)10-5-3-4-6-11(10)16/h3-6,12H,7-9H2,1-2H3,(H,17,19)(H,18,20)/t12-/m0/s1. The lowest BCUT2D eigenvalue weighted by molar-refractivity contribution is -0.150. The molecule has 0 spiro atoms. The Kier molecular flexibility index (Phi) is 8.50. The molecular formula is C15H19ClN2O4S. The van der Waals surface area contributed by atoms with E-state index >= 15 is 0 Å². The smallest absolute Gasteiger partial charge is 0.329 e. The van der Waals surface area contributed by atoms with E-state index < -0.39 is 23.8 Å². The highest BCUT2D eigenvalue weighted by molar-refractivity contribution is 7.98. The van der Waals surface area contributed by atoms with Crippen LogP contribution in [0.4, 0.5) is 0 Å². The molecule has 2 N–H and O–H groups in total. The molecule has 8 heteroatoms. The quantitative estimate of drug-likeness (QED) is 0.688. The largest absolute Gasteiger partial charge is 0.454 e. The zero-order valence-electron chi connectivity index (χ0n) is 12.9. The normalized spacial score (nSPS) is 11.4. The summed E-state index contributed by atoms with van der Waals surface area (Å²) in [7, 11) is 1.44. The van der Waals surface area contributed by atoms with Gasteiger partial charge in [-0.05, 0) is 30.6 Å². The third-order valence-corrected chi connectivity index (χ3v) is 3.92. The van der Waals surface area contributed by atoms with Gasteiger partial charge in [0.25, 0.3) is 11.8 Å². The Morgan fingerprint density at radius 1 is 1.30 bits per heavy atom. The van der Waals surface area contributed by atoms with Gasteiger partial charge in [-0.2, -0.15) is 11.8 Å². The summed E-state index contributed by atoms with van der Waals surface area (Å²) in [5, 5.41) is 5.26. The molecule has 126 valence electrons. The third-order valence-electron chi connectivity index (χ3n) is 2.94. The van der Waals surface area contributed by atoms with Crippen LogP contribution in [0.2, 0.25) is 5.02 Å². The van der Waals surface area contributed by atoms with Gasteiger partial charge in [-0.15, -0.1) is 0 Å². The second-order valence-electron chi connectivity index (χ2n) is 4.57. The van der Waals surface area contributed by atoms with Crippen LogP contribution in [0.1, 0.15) is 16.8 Å². The van der Waals surface area contributed by atoms with Crippen LogP contribution in [0.15, 0.2) is 24.3 Å². The van der Waals surface area contributed by atoms with Crippen molar-refractivity contribution in [1.29, 1.82) is 0 Å². The van der Waals surface area contributed by atoms with Crippen LogP contribution in [0.25, 0.3) is 0 Å². The maximum atomic E-state index is 12.2. The molecule has 0 aromatic heterocycles. The molecule has 0 aliphatic rings. The molecule has 23 heavy (non-hydrogen) atoms. The molecule has 2 amide bonds. The maximum Gasteiger partial charge on any atom is 0.329 e. The Hall–Kier alpha value is -1.73. The molecule has 0 fully saturated rings. The van der Waals surface area contributed by atoms with Crippen molar-refractivity contribution in [2.45, 2.75) is 12.5 Å². The third kappa shape index (κ3) is 6.50. The predicted octanol–water partition coefficient (Wildman–Crippen LogP) is 1.48. The highest BCUT2D eigenvalue weighted by Gasteiger charge is 2.24. The number of carbonyl (C=O) groups is 3. The van der Waals surface area contributed by atoms with Gasteiger partial charge in [0, 0.05) is 7.05 Å². The molecule has 0 heterocycles. The van der Waals surface area contributed by atoms with Gasteiger partial charge in [0.05, 0.1) is 10.6 Å². The molecule has 0 bridgehead atoms. The van der Waals surface area contributed by atoms with Gasteiger partial charge in [0.15, 0.2) is 6.61 Å². The predicted molar refractivity (Wildman–Crippen MR) is 90.7 cm³/mol. The average molecular weight is 359 g/mol. The maximum absolute atomic E-state index is 12.2. The number of thioether (sulfide) groups is 1. The summed E-state index contributed by atoms with van der Waals surface area (Å²) in [6, 6.07) is 5.72. The molecular weight excluding hydrogens is 340 g/mol. The van der Waals surface area contributed by atoms with Crippen molar-refractivity contribution >= 4 is 41.1 Å². The van der Waals surface area contributed by atoms with Crippen LogP contribution in [0.3, 0.4) is 0 Å². The summed E-state index contributed by atoms with van der Waals surface area (Å²) >= 11 is 7.51. The Morgan fingerprint density at radius 2 is 2.00 bits per heavy atom. The van der Waals surface area contributed by atoms with Crippen molar-refractivity contribution in [3.8, 4) is 0 Å². The fourth-order valence-electron chi connectivity index (χ4n) is 1.68. The number of esters is 1. The molecule has 0 unspecified atom stereocenters. The molecule has 1 atom stereocenters. The molecule has 0 saturated carbocycles. The van der Waals surface area contributed by atoms with Crippen LogP contribution in [0.5, 0.6) is 0 Å². The second kappa shape index (κ2) is 10.1. The number of rotatable bonds is 8. The number of halogens is 1. The molecule has 1 rings (SSSR count). The Morgan fingerprint density at radius 3 is 2.61 bits per heavy atom. The Bertz CT molecular complexity index is 568. The minimum atomic E-state index is -0.837. The van der Waals surface area contributed by atoms with Gasteiger partial charge >= 0.3 is 5.97 Å². The van der Waals surface area contributed by atoms with Gasteiger partial charge in [0.2, 0.25) is 0 Å². The summed E-state index contributed by atoms with van der Waals surface area (Å²) in [6.07, 6.45) is 2.28. The number of carbonyl (C=O) groups excluding carboxylic acids is 3. The average Bonchev–Trinajstić information content (AvgIpc) is 2.56. The minimum Gasteiger partial charge on any atom is -0.454 e. The first kappa shape index (κ1) is 19.3. The Balaban J connectivity index is 2.73. The number of ether oxygens (including phenoxy) is 1. The highest BCUT2D eigenvalue weighted by atomic mass is 35.5. The van der Waals surface area contributed by atoms with E-state index in [1.165, 1.54) is 18.8 Å². The number of hydrogen-bond acceptors (Lipinski definition) is 5. The number of nitrogens with one attached hydrogen (secondary N) is 2. The fraction of sp³-hybridized carbons (Fsp3) is 0.400. The van der Waals surface area contributed by atoms with Crippen LogP contribution in [-0.2, 0) is 14.3 Å². The van der Waals surface area contributed by atoms with Gasteiger partial charge in [-0.3, -0.25) is 9.59 Å². The summed E-state index contributed by atoms with van der Waals surface area (Å²) in [5.41, 5.74) is 0.280. The lowest BCUT2D eigenvalue weighted by Gasteiger charge is -2.17. The van der Waals surface area contributed by atoms with Crippen LogP contribution in [-0.4, -0.2) is 49.5 Å². The van der Waals surface area contributed by atoms with E-state index in [4.69, 9.17) is 16.3 Å². The number of benzene rings is 1. The molecule has 0 saturated heterocycles. The van der Waals surface area contributed by atoms with Crippen molar-refractivity contribution in [1.82, 2.24) is 10.6 Å². The van der Waals surface area contributed by atoms with Gasteiger partial charge < -0.3 is 15.4 Å². The van der Waals surface area contributed by atoms with E-state index in [1.807, 2.05) is 6.26 Å². The number of likely N-dealkylation sites (N-methyl/N-ethyl adjacent to an activating group) is 1. The van der Waals surface area contributed by atoms with Crippen molar-refractivity contribution in [2.24, 2.45) is 0 Å². The van der Waals surface area contributed by atoms with Gasteiger partial charge in [-0.25, -0.2) is 4.79 Å². The first-order valence-electron chi connectivity index (χ1n) is 6.91. The fourth-order valence-corrected chi connectivity index (χ4v) is 2.37. The van der Waals surface area contributed by atoms with Crippen LogP contribution < -0.4 is 10.6 Å². The van der Waals surface area contributed by atoms with E-state index in [9.17, 15) is 14.4 Å². The lowest BCUT2D eigenvalue weighted by atomic mass is 10.1. The number of amides is 2. The van der Waals surface area contributed by atoms with E-state index in [0.29, 0.717) is 17.2 Å². The van der Waals surface area contributed by atoms with Crippen molar-refractivity contribution in [3.63, 3.8) is 0 Å². The summed E-state index contributed by atoms with van der Waals surface area (Å²) in [5.74, 6) is -0.872. The first-order valence-corrected chi connectivity index (χ1v) is 8.68. The van der Waals surface area contributed by atoms with Crippen molar-refractivity contribution in [2.75, 3.05) is 25.7 Å². The van der Waals surface area contributed by atoms with Gasteiger partial charge in [0.1, 0.15) is 6.04 Å². The highest BCUT2D eigenvalue weighted by Crippen LogP contribution is 2.15. The Labute approximate surface area is 144 Å². The topological polar surface area (TPSA) is 84.5 Å². The molecule has 0 aliphatic carbocycles. The molecule has 1 aromatic rings. The summed E-state index contributed by atoms with van der Waals surface area (Å²) < 4.78 is 4.91. The van der Waals surface area contributed by atoms with Crippen LogP contribution in [0, 0.1) is 0 Å². The zero-order valence-corrected chi connectivity index (χ0v) is 14.5. The SMILES string of the molecule is CNC(=O)COC(=O)[C@H](CCSC)NC(=O)c1ccccc1Cl. The van der Waals surface area contributed by atoms with E-state index in [1.54, 1.807) is 24.3 Å². The molecule has 1 aromatic carbocycles. The number of hydrogen-bond donors (Lipinski definition) is 2. The van der Waals surface area contributed by atoms with E-state index in [-0.39, 0.29) is 12.2 Å². The summed E-state index contributed by atoms with van der Waals surface area (Å²) in [6.45, 7) is -0.382. The molecule has 6 nitrogen and oxygen atoms in total. The molecule has 0 aliphatic heterocycles. The van der Waals surface area contributed by atoms with Crippen molar-refractivity contribution < 1.29 is 19.1 Å². The first-order chi connectivity index (χ1) is 11.0. The second-order valence-corrected chi connectivity index (χ2v) is 5.96. The molecule has 0 radical (unpaired) electrons. The minimum absolute atomic E-state index is 0.280. The lowest BCUT2D eigenvalue weighted by Crippen LogP contribution is -2.43. The van der Waals surface area contributed by atoms with Crippen LogP contribution >= 0.6 is 23.4 Å². The summed E-state index contributed by atoms with van der Waals surface area (Å²) in [4.78, 5) is 35.5. The van der Waals surface area contributed by atoms with E-state index in [0.717, 1.165) is 0 Å². The van der Waals surface area contributed by atoms with Gasteiger partial charge in [-0.1, -0.05) is 23.7 Å². The monoisotopic (exact) mass is 358 g/mol. The zero-order chi connectivity index (χ0) is 17.2.